The first kappa shape index (κ1) is 22.3. The van der Waals surface area contributed by atoms with Crippen molar-refractivity contribution in [3.8, 4) is 33.6 Å². The molecule has 0 aliphatic heterocycles. The lowest BCUT2D eigenvalue weighted by molar-refractivity contribution is 0.669. The Hall–Kier alpha value is -5.54. The van der Waals surface area contributed by atoms with Crippen LogP contribution in [-0.4, -0.2) is 9.97 Å². The third kappa shape index (κ3) is 3.26. The number of fused-ring (bicyclic) bond motifs is 4. The highest BCUT2D eigenvalue weighted by molar-refractivity contribution is 6.35. The lowest BCUT2D eigenvalue weighted by Crippen LogP contribution is -1.97. The zero-order valence-electron chi connectivity index (χ0n) is 22.0. The molecule has 0 radical (unpaired) electrons. The van der Waals surface area contributed by atoms with E-state index in [1.165, 1.54) is 27.1 Å². The summed E-state index contributed by atoms with van der Waals surface area (Å²) in [6.45, 7) is 0. The van der Waals surface area contributed by atoms with Gasteiger partial charge in [-0.05, 0) is 63.7 Å². The van der Waals surface area contributed by atoms with E-state index in [1.807, 2.05) is 30.3 Å². The van der Waals surface area contributed by atoms with E-state index in [4.69, 9.17) is 14.4 Å². The van der Waals surface area contributed by atoms with Gasteiger partial charge in [-0.2, -0.15) is 0 Å². The van der Waals surface area contributed by atoms with Crippen LogP contribution in [0.4, 0.5) is 0 Å². The van der Waals surface area contributed by atoms with Crippen molar-refractivity contribution in [3.05, 3.63) is 133 Å². The Bertz CT molecular complexity index is 2420. The van der Waals surface area contributed by atoms with E-state index in [1.54, 1.807) is 0 Å². The van der Waals surface area contributed by atoms with E-state index < -0.39 is 0 Å². The molecule has 0 saturated carbocycles. The molecule has 9 aromatic rings. The summed E-state index contributed by atoms with van der Waals surface area (Å²) < 4.78 is 6.39. The Balaban J connectivity index is 1.42. The van der Waals surface area contributed by atoms with Crippen LogP contribution in [0, 0.1) is 0 Å². The monoisotopic (exact) mass is 522 g/mol. The maximum atomic E-state index is 6.39. The van der Waals surface area contributed by atoms with Crippen molar-refractivity contribution in [3.63, 3.8) is 0 Å². The van der Waals surface area contributed by atoms with Gasteiger partial charge < -0.3 is 4.42 Å². The summed E-state index contributed by atoms with van der Waals surface area (Å²) in [6.07, 6.45) is 0. The molecule has 0 bridgehead atoms. The van der Waals surface area contributed by atoms with Crippen molar-refractivity contribution in [1.82, 2.24) is 9.97 Å². The molecular weight excluding hydrogens is 500 g/mol. The standard InChI is InChI=1S/C38H22N2O/c1-2-10-23(11-3-1)24-12-8-13-25(22-24)37-38(40-31-18-7-6-17-30(31)39-37)29-20-21-33-36-34(29)27-15-5-4-14-26(27)28-16-9-19-32(41-33)35(28)36/h1-22H. The van der Waals surface area contributed by atoms with E-state index in [2.05, 4.69) is 103 Å². The fraction of sp³-hybridized carbons (Fsp3) is 0. The van der Waals surface area contributed by atoms with Crippen molar-refractivity contribution < 1.29 is 4.42 Å². The molecule has 0 unspecified atom stereocenters. The smallest absolute Gasteiger partial charge is 0.136 e. The van der Waals surface area contributed by atoms with Crippen LogP contribution in [0.15, 0.2) is 138 Å². The third-order valence-electron chi connectivity index (χ3n) is 8.22. The Kier molecular flexibility index (Phi) is 4.61. The van der Waals surface area contributed by atoms with Crippen molar-refractivity contribution >= 4 is 54.5 Å². The summed E-state index contributed by atoms with van der Waals surface area (Å²) >= 11 is 0. The number of aromatic nitrogens is 2. The summed E-state index contributed by atoms with van der Waals surface area (Å²) in [6, 6.07) is 46.4. The molecule has 2 aromatic heterocycles. The molecular formula is C38H22N2O. The van der Waals surface area contributed by atoms with Gasteiger partial charge in [0.2, 0.25) is 0 Å². The topological polar surface area (TPSA) is 38.9 Å². The first-order valence-electron chi connectivity index (χ1n) is 13.8. The molecule has 41 heavy (non-hydrogen) atoms. The molecule has 0 amide bonds. The minimum Gasteiger partial charge on any atom is -0.456 e. The van der Waals surface area contributed by atoms with E-state index >= 15 is 0 Å². The van der Waals surface area contributed by atoms with Gasteiger partial charge >= 0.3 is 0 Å². The predicted molar refractivity (Wildman–Crippen MR) is 169 cm³/mol. The number of furan rings is 1. The van der Waals surface area contributed by atoms with Gasteiger partial charge in [-0.15, -0.1) is 0 Å². The minimum atomic E-state index is 0.869. The maximum absolute atomic E-state index is 6.39. The van der Waals surface area contributed by atoms with Gasteiger partial charge in [0.25, 0.3) is 0 Å². The van der Waals surface area contributed by atoms with Crippen molar-refractivity contribution in [2.45, 2.75) is 0 Å². The van der Waals surface area contributed by atoms with E-state index in [-0.39, 0.29) is 0 Å². The van der Waals surface area contributed by atoms with E-state index in [9.17, 15) is 0 Å². The Morgan fingerprint density at radius 3 is 1.85 bits per heavy atom. The quantitative estimate of drug-likeness (QED) is 0.217. The SMILES string of the molecule is c1ccc(-c2cccc(-c3nc4ccccc4nc3-c3ccc4oc5cccc6c7ccccc7c3c4c56)c2)cc1. The molecule has 3 nitrogen and oxygen atoms in total. The van der Waals surface area contributed by atoms with Crippen LogP contribution in [0.3, 0.4) is 0 Å². The molecule has 190 valence electrons. The largest absolute Gasteiger partial charge is 0.456 e. The van der Waals surface area contributed by atoms with Gasteiger partial charge in [0.05, 0.1) is 22.4 Å². The Labute approximate surface area is 235 Å². The van der Waals surface area contributed by atoms with Crippen LogP contribution in [-0.2, 0) is 0 Å². The molecule has 0 N–H and O–H groups in total. The molecule has 0 saturated heterocycles. The number of rotatable bonds is 3. The highest BCUT2D eigenvalue weighted by atomic mass is 16.3. The highest BCUT2D eigenvalue weighted by Gasteiger charge is 2.23. The maximum Gasteiger partial charge on any atom is 0.136 e. The fourth-order valence-corrected chi connectivity index (χ4v) is 6.41. The number of hydrogen-bond acceptors (Lipinski definition) is 3. The predicted octanol–water partition coefficient (Wildman–Crippen LogP) is 10.3. The molecule has 0 atom stereocenters. The number of para-hydroxylation sites is 2. The molecule has 3 heteroatoms. The fourth-order valence-electron chi connectivity index (χ4n) is 6.41. The van der Waals surface area contributed by atoms with Crippen LogP contribution in [0.2, 0.25) is 0 Å². The van der Waals surface area contributed by atoms with Crippen molar-refractivity contribution in [2.75, 3.05) is 0 Å². The lowest BCUT2D eigenvalue weighted by atomic mass is 9.89. The van der Waals surface area contributed by atoms with Crippen molar-refractivity contribution in [2.24, 2.45) is 0 Å². The second-order valence-corrected chi connectivity index (χ2v) is 10.5. The average molecular weight is 523 g/mol. The Morgan fingerprint density at radius 1 is 0.390 bits per heavy atom. The summed E-state index contributed by atoms with van der Waals surface area (Å²) in [5.41, 5.74) is 9.70. The first-order valence-corrected chi connectivity index (χ1v) is 13.8. The third-order valence-corrected chi connectivity index (χ3v) is 8.22. The van der Waals surface area contributed by atoms with Crippen LogP contribution in [0.1, 0.15) is 0 Å². The lowest BCUT2D eigenvalue weighted by Gasteiger charge is -2.15. The summed E-state index contributed by atoms with van der Waals surface area (Å²) in [7, 11) is 0. The van der Waals surface area contributed by atoms with E-state index in [0.717, 1.165) is 61.1 Å². The molecule has 0 fully saturated rings. The van der Waals surface area contributed by atoms with Crippen molar-refractivity contribution in [1.29, 1.82) is 0 Å². The van der Waals surface area contributed by atoms with Gasteiger partial charge in [0.1, 0.15) is 11.2 Å². The molecule has 0 aliphatic carbocycles. The summed E-state index contributed by atoms with van der Waals surface area (Å²) in [5.74, 6) is 0. The molecule has 2 heterocycles. The molecule has 7 aromatic carbocycles. The van der Waals surface area contributed by atoms with Crippen LogP contribution in [0.25, 0.3) is 88.2 Å². The van der Waals surface area contributed by atoms with Gasteiger partial charge in [0, 0.05) is 27.3 Å². The summed E-state index contributed by atoms with van der Waals surface area (Å²) in [4.78, 5) is 10.6. The highest BCUT2D eigenvalue weighted by Crippen LogP contribution is 2.47. The number of nitrogens with zero attached hydrogens (tertiary/aromatic N) is 2. The normalized spacial score (nSPS) is 11.9. The summed E-state index contributed by atoms with van der Waals surface area (Å²) in [5, 5.41) is 7.07. The molecule has 0 aliphatic rings. The Morgan fingerprint density at radius 2 is 1.00 bits per heavy atom. The first-order chi connectivity index (χ1) is 20.3. The zero-order chi connectivity index (χ0) is 26.9. The van der Waals surface area contributed by atoms with Gasteiger partial charge in [-0.25, -0.2) is 9.97 Å². The van der Waals surface area contributed by atoms with Gasteiger partial charge in [0.15, 0.2) is 0 Å². The molecule has 9 rings (SSSR count). The number of hydrogen-bond donors (Lipinski definition) is 0. The second-order valence-electron chi connectivity index (χ2n) is 10.5. The minimum absolute atomic E-state index is 0.869. The zero-order valence-corrected chi connectivity index (χ0v) is 22.0. The van der Waals surface area contributed by atoms with Gasteiger partial charge in [-0.3, -0.25) is 0 Å². The second kappa shape index (κ2) is 8.48. The van der Waals surface area contributed by atoms with Crippen LogP contribution in [0.5, 0.6) is 0 Å². The van der Waals surface area contributed by atoms with Crippen LogP contribution < -0.4 is 0 Å². The number of benzene rings is 7. The van der Waals surface area contributed by atoms with E-state index in [0.29, 0.717) is 0 Å². The van der Waals surface area contributed by atoms with Crippen LogP contribution >= 0.6 is 0 Å². The average Bonchev–Trinajstić information content (AvgIpc) is 3.43. The molecule has 0 spiro atoms. The van der Waals surface area contributed by atoms with Gasteiger partial charge in [-0.1, -0.05) is 97.1 Å².